The molecule has 100 valence electrons. The van der Waals surface area contributed by atoms with Gasteiger partial charge >= 0.3 is 0 Å². The van der Waals surface area contributed by atoms with Gasteiger partial charge in [-0.3, -0.25) is 9.48 Å². The average molecular weight is 250 g/mol. The van der Waals surface area contributed by atoms with Crippen molar-refractivity contribution in [2.24, 2.45) is 0 Å². The predicted octanol–water partition coefficient (Wildman–Crippen LogP) is 0.922. The lowest BCUT2D eigenvalue weighted by Gasteiger charge is -2.33. The molecule has 1 aliphatic heterocycles. The van der Waals surface area contributed by atoms with Crippen molar-refractivity contribution in [2.45, 2.75) is 44.7 Å². The topological polar surface area (TPSA) is 59.0 Å². The molecule has 1 atom stereocenters. The minimum absolute atomic E-state index is 0.127. The fourth-order valence-electron chi connectivity index (χ4n) is 2.32. The van der Waals surface area contributed by atoms with E-state index in [4.69, 9.17) is 0 Å². The average Bonchev–Trinajstić information content (AvgIpc) is 2.88. The lowest BCUT2D eigenvalue weighted by atomic mass is 9.90. The molecule has 0 bridgehead atoms. The van der Waals surface area contributed by atoms with Crippen LogP contribution in [0, 0.1) is 0 Å². The zero-order valence-electron chi connectivity index (χ0n) is 11.0. The van der Waals surface area contributed by atoms with Crippen molar-refractivity contribution in [2.75, 3.05) is 13.1 Å². The number of carbonyl (C=O) groups excluding carboxylic acids is 1. The standard InChI is InChI=1S/C13H22N4O/c1-13(6-2-3-8-15-13)12(18)14-7-4-10-17-11-5-9-16-17/h5,9,11,15H,2-4,6-8,10H2,1H3,(H,14,18). The lowest BCUT2D eigenvalue weighted by molar-refractivity contribution is -0.127. The zero-order valence-corrected chi connectivity index (χ0v) is 11.0. The smallest absolute Gasteiger partial charge is 0.240 e. The van der Waals surface area contributed by atoms with E-state index in [1.807, 2.05) is 23.9 Å². The van der Waals surface area contributed by atoms with Crippen LogP contribution in [0.1, 0.15) is 32.6 Å². The number of aryl methyl sites for hydroxylation is 1. The highest BCUT2D eigenvalue weighted by Crippen LogP contribution is 2.18. The van der Waals surface area contributed by atoms with E-state index in [-0.39, 0.29) is 11.4 Å². The highest BCUT2D eigenvalue weighted by atomic mass is 16.2. The molecular weight excluding hydrogens is 228 g/mol. The van der Waals surface area contributed by atoms with Crippen molar-refractivity contribution in [3.63, 3.8) is 0 Å². The van der Waals surface area contributed by atoms with Gasteiger partial charge in [0.25, 0.3) is 0 Å². The number of nitrogens with one attached hydrogen (secondary N) is 2. The highest BCUT2D eigenvalue weighted by molar-refractivity contribution is 5.85. The van der Waals surface area contributed by atoms with Crippen LogP contribution in [0.5, 0.6) is 0 Å². The van der Waals surface area contributed by atoms with Crippen molar-refractivity contribution in [1.82, 2.24) is 20.4 Å². The van der Waals surface area contributed by atoms with E-state index >= 15 is 0 Å². The van der Waals surface area contributed by atoms with Crippen LogP contribution < -0.4 is 10.6 Å². The zero-order chi connectivity index (χ0) is 12.8. The second-order valence-corrected chi connectivity index (χ2v) is 5.09. The Hall–Kier alpha value is -1.36. The van der Waals surface area contributed by atoms with Crippen LogP contribution in [0.2, 0.25) is 0 Å². The van der Waals surface area contributed by atoms with Gasteiger partial charge in [0.05, 0.1) is 5.54 Å². The van der Waals surface area contributed by atoms with Gasteiger partial charge in [-0.2, -0.15) is 5.10 Å². The summed E-state index contributed by atoms with van der Waals surface area (Å²) >= 11 is 0. The summed E-state index contributed by atoms with van der Waals surface area (Å²) < 4.78 is 1.88. The molecule has 1 aromatic rings. The quantitative estimate of drug-likeness (QED) is 0.764. The molecule has 2 heterocycles. The van der Waals surface area contributed by atoms with Gasteiger partial charge in [-0.15, -0.1) is 0 Å². The Balaban J connectivity index is 1.68. The third kappa shape index (κ3) is 3.32. The van der Waals surface area contributed by atoms with E-state index in [2.05, 4.69) is 15.7 Å². The number of hydrogen-bond donors (Lipinski definition) is 2. The van der Waals surface area contributed by atoms with Gasteiger partial charge in [-0.1, -0.05) is 0 Å². The first-order chi connectivity index (χ1) is 8.71. The normalized spacial score (nSPS) is 23.8. The van der Waals surface area contributed by atoms with Crippen molar-refractivity contribution in [3.8, 4) is 0 Å². The number of aromatic nitrogens is 2. The van der Waals surface area contributed by atoms with Crippen molar-refractivity contribution < 1.29 is 4.79 Å². The Morgan fingerprint density at radius 3 is 3.11 bits per heavy atom. The summed E-state index contributed by atoms with van der Waals surface area (Å²) in [7, 11) is 0. The molecule has 0 radical (unpaired) electrons. The Morgan fingerprint density at radius 1 is 1.56 bits per heavy atom. The maximum atomic E-state index is 12.1. The van der Waals surface area contributed by atoms with Crippen LogP contribution >= 0.6 is 0 Å². The molecule has 1 fully saturated rings. The summed E-state index contributed by atoms with van der Waals surface area (Å²) in [6.07, 6.45) is 7.84. The Kier molecular flexibility index (Phi) is 4.36. The van der Waals surface area contributed by atoms with Crippen LogP contribution in [0.15, 0.2) is 18.5 Å². The molecule has 0 spiro atoms. The predicted molar refractivity (Wildman–Crippen MR) is 70.1 cm³/mol. The summed E-state index contributed by atoms with van der Waals surface area (Å²) in [5, 5.41) is 10.5. The fourth-order valence-corrected chi connectivity index (χ4v) is 2.32. The highest BCUT2D eigenvalue weighted by Gasteiger charge is 2.33. The number of rotatable bonds is 5. The Labute approximate surface area is 108 Å². The summed E-state index contributed by atoms with van der Waals surface area (Å²) in [6, 6.07) is 1.91. The van der Waals surface area contributed by atoms with Crippen LogP contribution in [0.3, 0.4) is 0 Å². The molecule has 1 unspecified atom stereocenters. The first-order valence-corrected chi connectivity index (χ1v) is 6.71. The second-order valence-electron chi connectivity index (χ2n) is 5.09. The molecule has 2 rings (SSSR count). The van der Waals surface area contributed by atoms with Crippen molar-refractivity contribution >= 4 is 5.91 Å². The minimum Gasteiger partial charge on any atom is -0.354 e. The first-order valence-electron chi connectivity index (χ1n) is 6.71. The van der Waals surface area contributed by atoms with Gasteiger partial charge < -0.3 is 10.6 Å². The summed E-state index contributed by atoms with van der Waals surface area (Å²) in [5.41, 5.74) is -0.371. The van der Waals surface area contributed by atoms with Gasteiger partial charge in [0.2, 0.25) is 5.91 Å². The van der Waals surface area contributed by atoms with Crippen LogP contribution in [-0.4, -0.2) is 34.3 Å². The van der Waals surface area contributed by atoms with Gasteiger partial charge in [0.15, 0.2) is 0 Å². The van der Waals surface area contributed by atoms with Crippen LogP contribution in [0.4, 0.5) is 0 Å². The third-order valence-corrected chi connectivity index (χ3v) is 3.53. The van der Waals surface area contributed by atoms with Crippen molar-refractivity contribution in [1.29, 1.82) is 0 Å². The molecule has 5 heteroatoms. The Morgan fingerprint density at radius 2 is 2.44 bits per heavy atom. The van der Waals surface area contributed by atoms with E-state index in [9.17, 15) is 4.79 Å². The molecule has 1 aliphatic rings. The molecule has 0 saturated carbocycles. The van der Waals surface area contributed by atoms with Crippen molar-refractivity contribution in [3.05, 3.63) is 18.5 Å². The van der Waals surface area contributed by atoms with Gasteiger partial charge in [0, 0.05) is 25.5 Å². The summed E-state index contributed by atoms with van der Waals surface area (Å²) in [6.45, 7) is 4.49. The van der Waals surface area contributed by atoms with Gasteiger partial charge in [-0.05, 0) is 45.2 Å². The Bertz CT molecular complexity index is 368. The first kappa shape index (κ1) is 13.1. The number of carbonyl (C=O) groups is 1. The fraction of sp³-hybridized carbons (Fsp3) is 0.692. The monoisotopic (exact) mass is 250 g/mol. The lowest BCUT2D eigenvalue weighted by Crippen LogP contribution is -2.57. The SMILES string of the molecule is CC1(C(=O)NCCCn2cccn2)CCCCN1. The molecule has 18 heavy (non-hydrogen) atoms. The molecule has 0 aromatic carbocycles. The molecule has 1 saturated heterocycles. The largest absolute Gasteiger partial charge is 0.354 e. The molecule has 1 amide bonds. The van der Waals surface area contributed by atoms with E-state index < -0.39 is 0 Å². The second kappa shape index (κ2) is 6.00. The van der Waals surface area contributed by atoms with Gasteiger partial charge in [0.1, 0.15) is 0 Å². The maximum absolute atomic E-state index is 12.1. The minimum atomic E-state index is -0.371. The van der Waals surface area contributed by atoms with E-state index in [1.54, 1.807) is 6.20 Å². The third-order valence-electron chi connectivity index (χ3n) is 3.53. The van der Waals surface area contributed by atoms with Gasteiger partial charge in [-0.25, -0.2) is 0 Å². The van der Waals surface area contributed by atoms with E-state index in [0.717, 1.165) is 32.4 Å². The number of amides is 1. The number of hydrogen-bond acceptors (Lipinski definition) is 3. The van der Waals surface area contributed by atoms with Crippen LogP contribution in [0.25, 0.3) is 0 Å². The van der Waals surface area contributed by atoms with E-state index in [0.29, 0.717) is 6.54 Å². The maximum Gasteiger partial charge on any atom is 0.240 e. The molecule has 2 N–H and O–H groups in total. The molecule has 1 aromatic heterocycles. The number of piperidine rings is 1. The molecular formula is C13H22N4O. The van der Waals surface area contributed by atoms with Crippen LogP contribution in [-0.2, 0) is 11.3 Å². The molecule has 5 nitrogen and oxygen atoms in total. The number of nitrogens with zero attached hydrogens (tertiary/aromatic N) is 2. The molecule has 0 aliphatic carbocycles. The van der Waals surface area contributed by atoms with E-state index in [1.165, 1.54) is 6.42 Å². The summed E-state index contributed by atoms with van der Waals surface area (Å²) in [4.78, 5) is 12.1. The summed E-state index contributed by atoms with van der Waals surface area (Å²) in [5.74, 6) is 0.127.